The van der Waals surface area contributed by atoms with Gasteiger partial charge in [0.25, 0.3) is 0 Å². The van der Waals surface area contributed by atoms with Crippen LogP contribution < -0.4 is 10.6 Å². The molecule has 19 heavy (non-hydrogen) atoms. The molecular weight excluding hydrogens is 320 g/mol. The summed E-state index contributed by atoms with van der Waals surface area (Å²) >= 11 is 8.73. The molecule has 1 aliphatic carbocycles. The number of nitrogens with two attached hydrogens (primary N) is 1. The van der Waals surface area contributed by atoms with Gasteiger partial charge in [-0.3, -0.25) is 0 Å². The first kappa shape index (κ1) is 13.4. The van der Waals surface area contributed by atoms with Gasteiger partial charge in [0.1, 0.15) is 4.99 Å². The summed E-state index contributed by atoms with van der Waals surface area (Å²) in [6, 6.07) is 7.00. The lowest BCUT2D eigenvalue weighted by atomic mass is 9.91. The van der Waals surface area contributed by atoms with Crippen LogP contribution in [0.4, 0.5) is 5.69 Å². The minimum Gasteiger partial charge on any atom is -0.389 e. The third kappa shape index (κ3) is 2.52. The van der Waals surface area contributed by atoms with E-state index in [9.17, 15) is 0 Å². The Kier molecular flexibility index (Phi) is 3.81. The number of thiocarbonyl (C=S) groups is 1. The third-order valence-electron chi connectivity index (χ3n) is 4.53. The molecule has 0 spiro atoms. The summed E-state index contributed by atoms with van der Waals surface area (Å²) in [4.78, 5) is 3.05. The molecular formula is C15H19BrN2S. The molecule has 0 bridgehead atoms. The van der Waals surface area contributed by atoms with Crippen molar-refractivity contribution in [2.75, 3.05) is 11.4 Å². The Hall–Kier alpha value is -0.610. The van der Waals surface area contributed by atoms with Crippen LogP contribution in [0.2, 0.25) is 0 Å². The zero-order chi connectivity index (χ0) is 13.4. The topological polar surface area (TPSA) is 29.3 Å². The van der Waals surface area contributed by atoms with Crippen LogP contribution in [-0.4, -0.2) is 17.6 Å². The Morgan fingerprint density at radius 1 is 1.26 bits per heavy atom. The molecule has 2 atom stereocenters. The molecule has 0 aromatic heterocycles. The second-order valence-corrected chi connectivity index (χ2v) is 6.92. The van der Waals surface area contributed by atoms with Crippen molar-refractivity contribution in [3.05, 3.63) is 28.2 Å². The zero-order valence-electron chi connectivity index (χ0n) is 10.9. The fraction of sp³-hybridized carbons (Fsp3) is 0.533. The standard InChI is InChI=1S/C15H19BrN2S/c16-12-9-11(15(17)19)6-7-14(12)18-8-2-4-10-3-1-5-13(10)18/h6-7,9-10,13H,1-5,8H2,(H2,17,19). The predicted molar refractivity (Wildman–Crippen MR) is 87.7 cm³/mol. The molecule has 3 rings (SSSR count). The van der Waals surface area contributed by atoms with Crippen molar-refractivity contribution in [1.29, 1.82) is 0 Å². The highest BCUT2D eigenvalue weighted by atomic mass is 79.9. The number of hydrogen-bond donors (Lipinski definition) is 1. The Morgan fingerprint density at radius 3 is 2.79 bits per heavy atom. The van der Waals surface area contributed by atoms with Crippen LogP contribution in [0.25, 0.3) is 0 Å². The zero-order valence-corrected chi connectivity index (χ0v) is 13.3. The minimum atomic E-state index is 0.463. The molecule has 2 fully saturated rings. The summed E-state index contributed by atoms with van der Waals surface area (Å²) in [5.74, 6) is 0.899. The Bertz CT molecular complexity index is 503. The molecule has 2 N–H and O–H groups in total. The molecule has 1 aliphatic heterocycles. The van der Waals surface area contributed by atoms with Crippen molar-refractivity contribution >= 4 is 38.8 Å². The van der Waals surface area contributed by atoms with Gasteiger partial charge in [-0.25, -0.2) is 0 Å². The summed E-state index contributed by atoms with van der Waals surface area (Å²) in [6.45, 7) is 1.17. The molecule has 1 aromatic carbocycles. The quantitative estimate of drug-likeness (QED) is 0.830. The van der Waals surface area contributed by atoms with Crippen molar-refractivity contribution in [3.63, 3.8) is 0 Å². The molecule has 1 aromatic rings. The highest BCUT2D eigenvalue weighted by molar-refractivity contribution is 9.10. The van der Waals surface area contributed by atoms with Gasteiger partial charge in [0.15, 0.2) is 0 Å². The number of nitrogens with zero attached hydrogens (tertiary/aromatic N) is 1. The first-order chi connectivity index (χ1) is 9.16. The van der Waals surface area contributed by atoms with Crippen LogP contribution in [0.5, 0.6) is 0 Å². The van der Waals surface area contributed by atoms with Gasteiger partial charge in [-0.05, 0) is 65.7 Å². The van der Waals surface area contributed by atoms with Crippen molar-refractivity contribution in [1.82, 2.24) is 0 Å². The van der Waals surface area contributed by atoms with Gasteiger partial charge < -0.3 is 10.6 Å². The molecule has 1 saturated carbocycles. The van der Waals surface area contributed by atoms with Crippen LogP contribution in [-0.2, 0) is 0 Å². The van der Waals surface area contributed by atoms with Gasteiger partial charge in [-0.2, -0.15) is 0 Å². The Balaban J connectivity index is 1.90. The van der Waals surface area contributed by atoms with E-state index in [1.807, 2.05) is 6.07 Å². The van der Waals surface area contributed by atoms with E-state index in [1.165, 1.54) is 44.3 Å². The third-order valence-corrected chi connectivity index (χ3v) is 5.41. The average Bonchev–Trinajstić information content (AvgIpc) is 2.86. The minimum absolute atomic E-state index is 0.463. The van der Waals surface area contributed by atoms with Crippen molar-refractivity contribution in [3.8, 4) is 0 Å². The van der Waals surface area contributed by atoms with E-state index in [2.05, 4.69) is 33.0 Å². The number of fused-ring (bicyclic) bond motifs is 1. The molecule has 1 saturated heterocycles. The normalized spacial score (nSPS) is 26.3. The fourth-order valence-electron chi connectivity index (χ4n) is 3.65. The van der Waals surface area contributed by atoms with Crippen LogP contribution in [0.1, 0.15) is 37.7 Å². The van der Waals surface area contributed by atoms with Gasteiger partial charge in [0.2, 0.25) is 0 Å². The molecule has 0 amide bonds. The summed E-state index contributed by atoms with van der Waals surface area (Å²) in [6.07, 6.45) is 6.85. The van der Waals surface area contributed by atoms with E-state index in [4.69, 9.17) is 18.0 Å². The number of benzene rings is 1. The Labute approximate surface area is 128 Å². The molecule has 2 aliphatic rings. The molecule has 2 nitrogen and oxygen atoms in total. The van der Waals surface area contributed by atoms with E-state index >= 15 is 0 Å². The lowest BCUT2D eigenvalue weighted by molar-refractivity contribution is 0.362. The largest absolute Gasteiger partial charge is 0.389 e. The molecule has 4 heteroatoms. The van der Waals surface area contributed by atoms with Gasteiger partial charge in [0, 0.05) is 22.6 Å². The highest BCUT2D eigenvalue weighted by Gasteiger charge is 2.35. The van der Waals surface area contributed by atoms with E-state index < -0.39 is 0 Å². The maximum atomic E-state index is 5.69. The van der Waals surface area contributed by atoms with E-state index in [0.29, 0.717) is 4.99 Å². The smallest absolute Gasteiger partial charge is 0.104 e. The van der Waals surface area contributed by atoms with Gasteiger partial charge in [-0.1, -0.05) is 18.6 Å². The van der Waals surface area contributed by atoms with Crippen molar-refractivity contribution in [2.45, 2.75) is 38.1 Å². The number of halogens is 1. The first-order valence-electron chi connectivity index (χ1n) is 7.03. The summed E-state index contributed by atoms with van der Waals surface area (Å²) in [7, 11) is 0. The average molecular weight is 339 g/mol. The molecule has 1 heterocycles. The number of hydrogen-bond acceptors (Lipinski definition) is 2. The summed E-state index contributed by atoms with van der Waals surface area (Å²) in [5, 5.41) is 0. The lowest BCUT2D eigenvalue weighted by Crippen LogP contribution is -2.42. The molecule has 0 radical (unpaired) electrons. The monoisotopic (exact) mass is 338 g/mol. The van der Waals surface area contributed by atoms with Crippen LogP contribution in [0.3, 0.4) is 0 Å². The SMILES string of the molecule is NC(=S)c1ccc(N2CCCC3CCCC32)c(Br)c1. The van der Waals surface area contributed by atoms with Gasteiger partial charge >= 0.3 is 0 Å². The van der Waals surface area contributed by atoms with E-state index in [1.54, 1.807) is 0 Å². The van der Waals surface area contributed by atoms with Crippen LogP contribution in [0.15, 0.2) is 22.7 Å². The molecule has 2 unspecified atom stereocenters. The van der Waals surface area contributed by atoms with Gasteiger partial charge in [-0.15, -0.1) is 0 Å². The second kappa shape index (κ2) is 5.41. The number of rotatable bonds is 2. The van der Waals surface area contributed by atoms with E-state index in [0.717, 1.165) is 22.0 Å². The first-order valence-corrected chi connectivity index (χ1v) is 8.23. The maximum absolute atomic E-state index is 5.69. The lowest BCUT2D eigenvalue weighted by Gasteiger charge is -2.40. The van der Waals surface area contributed by atoms with Crippen LogP contribution in [0, 0.1) is 5.92 Å². The fourth-order valence-corrected chi connectivity index (χ4v) is 4.38. The maximum Gasteiger partial charge on any atom is 0.104 e. The van der Waals surface area contributed by atoms with Crippen molar-refractivity contribution in [2.24, 2.45) is 11.7 Å². The highest BCUT2D eigenvalue weighted by Crippen LogP contribution is 2.41. The number of anilines is 1. The number of piperidine rings is 1. The van der Waals surface area contributed by atoms with Gasteiger partial charge in [0.05, 0.1) is 5.69 Å². The molecule has 102 valence electrons. The summed E-state index contributed by atoms with van der Waals surface area (Å²) < 4.78 is 1.12. The van der Waals surface area contributed by atoms with E-state index in [-0.39, 0.29) is 0 Å². The van der Waals surface area contributed by atoms with Crippen LogP contribution >= 0.6 is 28.1 Å². The predicted octanol–water partition coefficient (Wildman–Crippen LogP) is 3.85. The second-order valence-electron chi connectivity index (χ2n) is 5.62. The van der Waals surface area contributed by atoms with Crippen molar-refractivity contribution < 1.29 is 0 Å². The summed E-state index contributed by atoms with van der Waals surface area (Å²) in [5.41, 5.74) is 7.93. The Morgan fingerprint density at radius 2 is 2.05 bits per heavy atom.